The van der Waals surface area contributed by atoms with Gasteiger partial charge in [-0.3, -0.25) is 4.79 Å². The second kappa shape index (κ2) is 5.13. The molecule has 2 saturated heterocycles. The van der Waals surface area contributed by atoms with Gasteiger partial charge in [-0.25, -0.2) is 0 Å². The van der Waals surface area contributed by atoms with Crippen LogP contribution in [0.5, 0.6) is 0 Å². The molecule has 2 aliphatic rings. The first-order valence-corrected chi connectivity index (χ1v) is 8.12. The number of aryl methyl sites for hydroxylation is 1. The van der Waals surface area contributed by atoms with Crippen molar-refractivity contribution in [1.29, 1.82) is 0 Å². The number of carbonyl (C=O) groups is 1. The van der Waals surface area contributed by atoms with E-state index in [1.54, 1.807) is 0 Å². The Bertz CT molecular complexity index is 721. The van der Waals surface area contributed by atoms with Crippen molar-refractivity contribution >= 4 is 16.8 Å². The summed E-state index contributed by atoms with van der Waals surface area (Å²) in [5.41, 5.74) is 1.89. The van der Waals surface area contributed by atoms with Crippen LogP contribution in [-0.2, 0) is 11.8 Å². The molecule has 0 N–H and O–H groups in total. The number of fused-ring (bicyclic) bond motifs is 2. The van der Waals surface area contributed by atoms with Crippen LogP contribution >= 0.6 is 0 Å². The number of hydrogen-bond donors (Lipinski definition) is 0. The summed E-state index contributed by atoms with van der Waals surface area (Å²) >= 11 is 0. The molecule has 4 rings (SSSR count). The zero-order chi connectivity index (χ0) is 15.3. The number of carbonyl (C=O) groups excluding carboxylic acids is 1. The molecule has 1 amide bonds. The fourth-order valence-corrected chi connectivity index (χ4v) is 4.04. The molecule has 116 valence electrons. The van der Waals surface area contributed by atoms with E-state index < -0.39 is 0 Å². The molecule has 1 aromatic heterocycles. The quantitative estimate of drug-likeness (QED) is 0.811. The van der Waals surface area contributed by atoms with Crippen LogP contribution in [0.1, 0.15) is 30.3 Å². The Morgan fingerprint density at radius 3 is 2.95 bits per heavy atom. The van der Waals surface area contributed by atoms with Crippen molar-refractivity contribution in [2.45, 2.75) is 32.0 Å². The molecule has 4 nitrogen and oxygen atoms in total. The van der Waals surface area contributed by atoms with E-state index in [0.717, 1.165) is 42.5 Å². The lowest BCUT2D eigenvalue weighted by molar-refractivity contribution is 0.00842. The fraction of sp³-hybridized carbons (Fsp3) is 0.500. The Kier molecular flexibility index (Phi) is 3.22. The standard InChI is InChI=1S/C18H22N2O2/c1-12-9-14-11-20(8-7-17(14)22-12)18(21)16-10-13-5-3-4-6-15(13)19(16)2/h3-6,10,12,14,17H,7-9,11H2,1-2H3/t12-,14-,17-/m0/s1. The zero-order valence-electron chi connectivity index (χ0n) is 13.2. The molecule has 0 spiro atoms. The summed E-state index contributed by atoms with van der Waals surface area (Å²) < 4.78 is 7.94. The van der Waals surface area contributed by atoms with Gasteiger partial charge in [-0.15, -0.1) is 0 Å². The predicted octanol–water partition coefficient (Wildman–Crippen LogP) is 2.82. The molecule has 3 atom stereocenters. The number of rotatable bonds is 1. The number of hydrogen-bond acceptors (Lipinski definition) is 2. The minimum atomic E-state index is 0.150. The van der Waals surface area contributed by atoms with Gasteiger partial charge in [0, 0.05) is 37.0 Å². The maximum absolute atomic E-state index is 12.9. The number of nitrogens with zero attached hydrogens (tertiary/aromatic N) is 2. The first-order valence-electron chi connectivity index (χ1n) is 8.12. The number of ether oxygens (including phenoxy) is 1. The van der Waals surface area contributed by atoms with Crippen LogP contribution in [0.2, 0.25) is 0 Å². The molecule has 0 bridgehead atoms. The van der Waals surface area contributed by atoms with Gasteiger partial charge in [0.15, 0.2) is 0 Å². The van der Waals surface area contributed by atoms with Crippen molar-refractivity contribution in [3.05, 3.63) is 36.0 Å². The summed E-state index contributed by atoms with van der Waals surface area (Å²) in [6.45, 7) is 3.76. The van der Waals surface area contributed by atoms with Crippen LogP contribution in [-0.4, -0.2) is 40.7 Å². The van der Waals surface area contributed by atoms with Crippen LogP contribution in [0.3, 0.4) is 0 Å². The lowest BCUT2D eigenvalue weighted by Crippen LogP contribution is -2.44. The van der Waals surface area contributed by atoms with Crippen molar-refractivity contribution in [1.82, 2.24) is 9.47 Å². The number of amides is 1. The lowest BCUT2D eigenvalue weighted by atomic mass is 9.93. The summed E-state index contributed by atoms with van der Waals surface area (Å²) in [6.07, 6.45) is 2.73. The topological polar surface area (TPSA) is 34.5 Å². The van der Waals surface area contributed by atoms with Crippen LogP contribution < -0.4 is 0 Å². The molecule has 2 aromatic rings. The normalized spacial score (nSPS) is 28.1. The maximum atomic E-state index is 12.9. The van der Waals surface area contributed by atoms with E-state index in [1.165, 1.54) is 0 Å². The van der Waals surface area contributed by atoms with E-state index in [2.05, 4.69) is 19.1 Å². The van der Waals surface area contributed by atoms with E-state index >= 15 is 0 Å². The highest BCUT2D eigenvalue weighted by Gasteiger charge is 2.39. The monoisotopic (exact) mass is 298 g/mol. The van der Waals surface area contributed by atoms with Gasteiger partial charge in [0.2, 0.25) is 0 Å². The Morgan fingerprint density at radius 1 is 1.32 bits per heavy atom. The molecule has 1 aromatic carbocycles. The first-order chi connectivity index (χ1) is 10.6. The van der Waals surface area contributed by atoms with E-state index in [1.807, 2.05) is 34.7 Å². The van der Waals surface area contributed by atoms with Gasteiger partial charge in [-0.2, -0.15) is 0 Å². The Hall–Kier alpha value is -1.81. The average molecular weight is 298 g/mol. The molecule has 0 radical (unpaired) electrons. The average Bonchev–Trinajstić information content (AvgIpc) is 3.05. The highest BCUT2D eigenvalue weighted by Crippen LogP contribution is 2.33. The Labute approximate surface area is 130 Å². The molecule has 2 aliphatic heterocycles. The van der Waals surface area contributed by atoms with E-state index in [-0.39, 0.29) is 5.91 Å². The molecule has 0 saturated carbocycles. The van der Waals surface area contributed by atoms with Crippen LogP contribution in [0.25, 0.3) is 10.9 Å². The van der Waals surface area contributed by atoms with Gasteiger partial charge in [0.1, 0.15) is 5.69 Å². The number of aromatic nitrogens is 1. The molecular formula is C18H22N2O2. The van der Waals surface area contributed by atoms with Crippen LogP contribution in [0.4, 0.5) is 0 Å². The molecule has 2 fully saturated rings. The third kappa shape index (κ3) is 2.13. The summed E-state index contributed by atoms with van der Waals surface area (Å²) in [7, 11) is 1.98. The highest BCUT2D eigenvalue weighted by molar-refractivity contribution is 5.98. The Morgan fingerprint density at radius 2 is 2.14 bits per heavy atom. The fourth-order valence-electron chi connectivity index (χ4n) is 4.04. The van der Waals surface area contributed by atoms with E-state index in [0.29, 0.717) is 18.1 Å². The summed E-state index contributed by atoms with van der Waals surface area (Å²) in [5.74, 6) is 0.652. The Balaban J connectivity index is 1.60. The number of piperidine rings is 1. The van der Waals surface area contributed by atoms with Crippen molar-refractivity contribution in [3.63, 3.8) is 0 Å². The highest BCUT2D eigenvalue weighted by atomic mass is 16.5. The summed E-state index contributed by atoms with van der Waals surface area (Å²) in [5, 5.41) is 1.13. The molecule has 4 heteroatoms. The minimum absolute atomic E-state index is 0.150. The molecule has 22 heavy (non-hydrogen) atoms. The smallest absolute Gasteiger partial charge is 0.270 e. The third-order valence-electron chi connectivity index (χ3n) is 5.16. The van der Waals surface area contributed by atoms with Crippen molar-refractivity contribution in [3.8, 4) is 0 Å². The second-order valence-electron chi connectivity index (χ2n) is 6.67. The summed E-state index contributed by atoms with van der Waals surface area (Å²) in [4.78, 5) is 14.9. The van der Waals surface area contributed by atoms with Crippen molar-refractivity contribution in [2.24, 2.45) is 13.0 Å². The van der Waals surface area contributed by atoms with E-state index in [9.17, 15) is 4.79 Å². The van der Waals surface area contributed by atoms with Gasteiger partial charge in [-0.05, 0) is 31.9 Å². The largest absolute Gasteiger partial charge is 0.375 e. The molecule has 0 unspecified atom stereocenters. The van der Waals surface area contributed by atoms with Crippen molar-refractivity contribution in [2.75, 3.05) is 13.1 Å². The van der Waals surface area contributed by atoms with Gasteiger partial charge >= 0.3 is 0 Å². The first kappa shape index (κ1) is 13.8. The zero-order valence-corrected chi connectivity index (χ0v) is 13.2. The number of benzene rings is 1. The van der Waals surface area contributed by atoms with Crippen LogP contribution in [0, 0.1) is 5.92 Å². The van der Waals surface area contributed by atoms with Crippen molar-refractivity contribution < 1.29 is 9.53 Å². The van der Waals surface area contributed by atoms with Gasteiger partial charge in [0.05, 0.1) is 12.2 Å². The van der Waals surface area contributed by atoms with E-state index in [4.69, 9.17) is 4.74 Å². The third-order valence-corrected chi connectivity index (χ3v) is 5.16. The maximum Gasteiger partial charge on any atom is 0.270 e. The molecular weight excluding hydrogens is 276 g/mol. The van der Waals surface area contributed by atoms with Gasteiger partial charge < -0.3 is 14.2 Å². The van der Waals surface area contributed by atoms with Gasteiger partial charge in [0.25, 0.3) is 5.91 Å². The molecule has 3 heterocycles. The second-order valence-corrected chi connectivity index (χ2v) is 6.67. The summed E-state index contributed by atoms with van der Waals surface area (Å²) in [6, 6.07) is 10.2. The molecule has 0 aliphatic carbocycles. The SMILES string of the molecule is C[C@H]1C[C@H]2CN(C(=O)c3cc4ccccc4n3C)CC[C@@H]2O1. The van der Waals surface area contributed by atoms with Crippen LogP contribution in [0.15, 0.2) is 30.3 Å². The predicted molar refractivity (Wildman–Crippen MR) is 85.9 cm³/mol. The lowest BCUT2D eigenvalue weighted by Gasteiger charge is -2.34. The number of para-hydroxylation sites is 1. The van der Waals surface area contributed by atoms with Gasteiger partial charge in [-0.1, -0.05) is 18.2 Å². The number of likely N-dealkylation sites (tertiary alicyclic amines) is 1. The minimum Gasteiger partial charge on any atom is -0.375 e.